The van der Waals surface area contributed by atoms with Crippen molar-refractivity contribution in [1.29, 1.82) is 0 Å². The molecular formula is C6H8N4O. The fraction of sp³-hybridized carbons (Fsp3) is 0.500. The van der Waals surface area contributed by atoms with Crippen LogP contribution >= 0.6 is 0 Å². The van der Waals surface area contributed by atoms with Crippen molar-refractivity contribution < 1.29 is 4.79 Å². The van der Waals surface area contributed by atoms with Crippen LogP contribution in [-0.4, -0.2) is 27.2 Å². The first-order valence-electron chi connectivity index (χ1n) is 3.49. The van der Waals surface area contributed by atoms with Crippen LogP contribution in [-0.2, 0) is 17.8 Å². The molecule has 0 atom stereocenters. The van der Waals surface area contributed by atoms with Gasteiger partial charge in [-0.2, -0.15) is 0 Å². The maximum absolute atomic E-state index is 11.0. The van der Waals surface area contributed by atoms with Gasteiger partial charge in [0.2, 0.25) is 5.91 Å². The van der Waals surface area contributed by atoms with E-state index in [0.717, 1.165) is 12.2 Å². The summed E-state index contributed by atoms with van der Waals surface area (Å²) in [6.07, 6.45) is 2.35. The number of rotatable bonds is 0. The molecule has 1 amide bonds. The van der Waals surface area contributed by atoms with Gasteiger partial charge in [0.1, 0.15) is 18.7 Å². The Morgan fingerprint density at radius 3 is 3.45 bits per heavy atom. The number of fused-ring (bicyclic) bond motifs is 1. The van der Waals surface area contributed by atoms with Gasteiger partial charge in [-0.05, 0) is 0 Å². The highest BCUT2D eigenvalue weighted by molar-refractivity contribution is 5.76. The van der Waals surface area contributed by atoms with E-state index in [0.29, 0.717) is 13.1 Å². The van der Waals surface area contributed by atoms with Crippen molar-refractivity contribution in [3.8, 4) is 0 Å². The Bertz CT molecular complexity index is 280. The molecule has 0 spiro atoms. The number of carbonyl (C=O) groups is 1. The molecule has 0 fully saturated rings. The van der Waals surface area contributed by atoms with Gasteiger partial charge in [-0.15, -0.1) is 10.2 Å². The van der Waals surface area contributed by atoms with E-state index in [1.54, 1.807) is 10.9 Å². The second-order valence-corrected chi connectivity index (χ2v) is 2.48. The van der Waals surface area contributed by atoms with Crippen LogP contribution in [0.2, 0.25) is 0 Å². The molecule has 1 aromatic rings. The van der Waals surface area contributed by atoms with Gasteiger partial charge in [-0.25, -0.2) is 0 Å². The minimum atomic E-state index is 0.0311. The van der Waals surface area contributed by atoms with Crippen LogP contribution < -0.4 is 5.32 Å². The number of nitrogens with one attached hydrogen (secondary N) is 1. The molecule has 58 valence electrons. The Balaban J connectivity index is 2.32. The second-order valence-electron chi connectivity index (χ2n) is 2.48. The minimum absolute atomic E-state index is 0.0311. The summed E-state index contributed by atoms with van der Waals surface area (Å²) in [7, 11) is 0. The lowest BCUT2D eigenvalue weighted by atomic mass is 10.4. The summed E-state index contributed by atoms with van der Waals surface area (Å²) < 4.78 is 1.77. The Morgan fingerprint density at radius 2 is 2.55 bits per heavy atom. The van der Waals surface area contributed by atoms with Crippen molar-refractivity contribution in [1.82, 2.24) is 20.1 Å². The first kappa shape index (κ1) is 6.33. The third-order valence-electron chi connectivity index (χ3n) is 1.68. The van der Waals surface area contributed by atoms with E-state index in [1.165, 1.54) is 0 Å². The van der Waals surface area contributed by atoms with Gasteiger partial charge in [0.25, 0.3) is 0 Å². The van der Waals surface area contributed by atoms with Crippen molar-refractivity contribution in [2.45, 2.75) is 13.0 Å². The van der Waals surface area contributed by atoms with Crippen molar-refractivity contribution >= 4 is 5.91 Å². The molecule has 5 nitrogen and oxygen atoms in total. The van der Waals surface area contributed by atoms with Gasteiger partial charge < -0.3 is 9.88 Å². The molecule has 1 N–H and O–H groups in total. The summed E-state index contributed by atoms with van der Waals surface area (Å²) in [5, 5.41) is 10.3. The first-order valence-corrected chi connectivity index (χ1v) is 3.49. The minimum Gasteiger partial charge on any atom is -0.354 e. The van der Waals surface area contributed by atoms with Crippen LogP contribution in [0.1, 0.15) is 5.82 Å². The molecule has 2 rings (SSSR count). The van der Waals surface area contributed by atoms with E-state index >= 15 is 0 Å². The summed E-state index contributed by atoms with van der Waals surface area (Å²) in [6.45, 7) is 1.01. The molecule has 0 aliphatic carbocycles. The molecule has 0 unspecified atom stereocenters. The monoisotopic (exact) mass is 152 g/mol. The van der Waals surface area contributed by atoms with Crippen molar-refractivity contribution in [3.05, 3.63) is 12.2 Å². The zero-order valence-corrected chi connectivity index (χ0v) is 5.95. The van der Waals surface area contributed by atoms with Crippen molar-refractivity contribution in [2.75, 3.05) is 6.54 Å². The molecule has 5 heteroatoms. The average Bonchev–Trinajstić information content (AvgIpc) is 2.31. The lowest BCUT2D eigenvalue weighted by Crippen LogP contribution is -2.25. The molecule has 1 aromatic heterocycles. The number of nitrogens with zero attached hydrogens (tertiary/aromatic N) is 3. The van der Waals surface area contributed by atoms with Crippen LogP contribution in [0.4, 0.5) is 0 Å². The van der Waals surface area contributed by atoms with Crippen LogP contribution in [0.25, 0.3) is 0 Å². The SMILES string of the molecule is O=C1Cn2cnnc2CCN1. The third-order valence-corrected chi connectivity index (χ3v) is 1.68. The first-order chi connectivity index (χ1) is 5.36. The van der Waals surface area contributed by atoms with Crippen LogP contribution in [0.15, 0.2) is 6.33 Å². The molecule has 1 aliphatic heterocycles. The quantitative estimate of drug-likeness (QED) is 0.516. The molecule has 0 saturated heterocycles. The smallest absolute Gasteiger partial charge is 0.240 e. The standard InChI is InChI=1S/C6H8N4O/c11-6-3-10-4-8-9-5(10)1-2-7-6/h4H,1-3H2,(H,7,11). The highest BCUT2D eigenvalue weighted by Gasteiger charge is 2.12. The van der Waals surface area contributed by atoms with Gasteiger partial charge in [-0.3, -0.25) is 4.79 Å². The number of carbonyl (C=O) groups excluding carboxylic acids is 1. The zero-order chi connectivity index (χ0) is 7.68. The molecule has 11 heavy (non-hydrogen) atoms. The van der Waals surface area contributed by atoms with Crippen LogP contribution in [0.5, 0.6) is 0 Å². The van der Waals surface area contributed by atoms with Gasteiger partial charge in [0.05, 0.1) is 0 Å². The summed E-state index contributed by atoms with van der Waals surface area (Å²) in [4.78, 5) is 11.0. The highest BCUT2D eigenvalue weighted by Crippen LogP contribution is 1.98. The molecular weight excluding hydrogens is 144 g/mol. The normalized spacial score (nSPS) is 16.9. The summed E-state index contributed by atoms with van der Waals surface area (Å²) >= 11 is 0. The van der Waals surface area contributed by atoms with E-state index < -0.39 is 0 Å². The Morgan fingerprint density at radius 1 is 1.64 bits per heavy atom. The predicted octanol–water partition coefficient (Wildman–Crippen LogP) is -1.05. The van der Waals surface area contributed by atoms with E-state index in [4.69, 9.17) is 0 Å². The maximum Gasteiger partial charge on any atom is 0.240 e. The summed E-state index contributed by atoms with van der Waals surface area (Å²) in [5.74, 6) is 0.909. The van der Waals surface area contributed by atoms with Gasteiger partial charge in [0, 0.05) is 13.0 Å². The Hall–Kier alpha value is -1.39. The molecule has 0 bridgehead atoms. The van der Waals surface area contributed by atoms with E-state index in [9.17, 15) is 4.79 Å². The fourth-order valence-electron chi connectivity index (χ4n) is 1.13. The number of amides is 1. The molecule has 0 saturated carbocycles. The average molecular weight is 152 g/mol. The van der Waals surface area contributed by atoms with E-state index in [-0.39, 0.29) is 5.91 Å². The Kier molecular flexibility index (Phi) is 1.34. The molecule has 1 aliphatic rings. The van der Waals surface area contributed by atoms with Gasteiger partial charge in [-0.1, -0.05) is 0 Å². The fourth-order valence-corrected chi connectivity index (χ4v) is 1.13. The van der Waals surface area contributed by atoms with Crippen LogP contribution in [0, 0.1) is 0 Å². The lowest BCUT2D eigenvalue weighted by Gasteiger charge is -1.96. The van der Waals surface area contributed by atoms with E-state index in [1.807, 2.05) is 0 Å². The van der Waals surface area contributed by atoms with Crippen molar-refractivity contribution in [3.63, 3.8) is 0 Å². The largest absolute Gasteiger partial charge is 0.354 e. The third kappa shape index (κ3) is 1.09. The molecule has 0 radical (unpaired) electrons. The number of aromatic nitrogens is 3. The maximum atomic E-state index is 11.0. The van der Waals surface area contributed by atoms with Crippen LogP contribution in [0.3, 0.4) is 0 Å². The predicted molar refractivity (Wildman–Crippen MR) is 36.7 cm³/mol. The van der Waals surface area contributed by atoms with Gasteiger partial charge >= 0.3 is 0 Å². The van der Waals surface area contributed by atoms with E-state index in [2.05, 4.69) is 15.5 Å². The molecule has 2 heterocycles. The summed E-state index contributed by atoms with van der Waals surface area (Å²) in [5.41, 5.74) is 0. The number of hydrogen-bond donors (Lipinski definition) is 1. The highest BCUT2D eigenvalue weighted by atomic mass is 16.1. The Labute approximate surface area is 63.4 Å². The van der Waals surface area contributed by atoms with Gasteiger partial charge in [0.15, 0.2) is 0 Å². The topological polar surface area (TPSA) is 59.8 Å². The zero-order valence-electron chi connectivity index (χ0n) is 5.95. The summed E-state index contributed by atoms with van der Waals surface area (Å²) in [6, 6.07) is 0. The second kappa shape index (κ2) is 2.34. The lowest BCUT2D eigenvalue weighted by molar-refractivity contribution is -0.121. The number of hydrogen-bond acceptors (Lipinski definition) is 3. The van der Waals surface area contributed by atoms with Crippen molar-refractivity contribution in [2.24, 2.45) is 0 Å². The molecule has 0 aromatic carbocycles.